The van der Waals surface area contributed by atoms with Crippen LogP contribution in [0.4, 0.5) is 0 Å². The van der Waals surface area contributed by atoms with E-state index in [2.05, 4.69) is 13.8 Å². The molecule has 0 radical (unpaired) electrons. The molecule has 0 aliphatic carbocycles. The molecule has 0 amide bonds. The van der Waals surface area contributed by atoms with Crippen LogP contribution in [0.25, 0.3) is 0 Å². The van der Waals surface area contributed by atoms with Crippen LogP contribution in [-0.4, -0.2) is 12.6 Å². The van der Waals surface area contributed by atoms with Crippen LogP contribution < -0.4 is 11.5 Å². The van der Waals surface area contributed by atoms with Crippen molar-refractivity contribution < 1.29 is 0 Å². The summed E-state index contributed by atoms with van der Waals surface area (Å²) in [6, 6.07) is 0.326. The maximum Gasteiger partial charge on any atom is 0.00509 e. The van der Waals surface area contributed by atoms with E-state index in [-0.39, 0.29) is 0 Å². The summed E-state index contributed by atoms with van der Waals surface area (Å²) in [5, 5.41) is 0. The summed E-state index contributed by atoms with van der Waals surface area (Å²) < 4.78 is 0. The van der Waals surface area contributed by atoms with Gasteiger partial charge in [-0.2, -0.15) is 0 Å². The van der Waals surface area contributed by atoms with Gasteiger partial charge in [0.1, 0.15) is 0 Å². The van der Waals surface area contributed by atoms with Crippen LogP contribution in [0.15, 0.2) is 0 Å². The summed E-state index contributed by atoms with van der Waals surface area (Å²) in [5.41, 5.74) is 11.1. The summed E-state index contributed by atoms with van der Waals surface area (Å²) in [7, 11) is 0. The highest BCUT2D eigenvalue weighted by atomic mass is 14.6. The molecule has 1 atom stereocenters. The molecule has 0 spiro atoms. The predicted molar refractivity (Wildman–Crippen MR) is 45.7 cm³/mol. The molecular formula is C8H20N2. The summed E-state index contributed by atoms with van der Waals surface area (Å²) >= 11 is 0. The normalized spacial score (nSPS) is 14.1. The van der Waals surface area contributed by atoms with Gasteiger partial charge in [-0.05, 0) is 31.7 Å². The van der Waals surface area contributed by atoms with E-state index in [0.29, 0.717) is 6.04 Å². The molecule has 0 aliphatic heterocycles. The molecule has 10 heavy (non-hydrogen) atoms. The van der Waals surface area contributed by atoms with Gasteiger partial charge in [0.25, 0.3) is 0 Å². The molecular weight excluding hydrogens is 124 g/mol. The van der Waals surface area contributed by atoms with Crippen LogP contribution in [-0.2, 0) is 0 Å². The smallest absolute Gasteiger partial charge is 0.00509 e. The maximum absolute atomic E-state index is 5.75. The van der Waals surface area contributed by atoms with Crippen molar-refractivity contribution >= 4 is 0 Å². The van der Waals surface area contributed by atoms with Crippen LogP contribution in [0.3, 0.4) is 0 Å². The lowest BCUT2D eigenvalue weighted by atomic mass is 10.0. The Morgan fingerprint density at radius 1 is 1.10 bits per heavy atom. The topological polar surface area (TPSA) is 52.0 Å². The van der Waals surface area contributed by atoms with Gasteiger partial charge < -0.3 is 11.5 Å². The first-order valence-electron chi connectivity index (χ1n) is 4.12. The maximum atomic E-state index is 5.75. The molecule has 2 heteroatoms. The Morgan fingerprint density at radius 2 is 1.70 bits per heavy atom. The molecule has 1 unspecified atom stereocenters. The molecule has 0 aromatic rings. The Hall–Kier alpha value is -0.0800. The third-order valence-corrected chi connectivity index (χ3v) is 1.65. The number of hydrogen-bond acceptors (Lipinski definition) is 2. The lowest BCUT2D eigenvalue weighted by molar-refractivity contribution is 0.482. The van der Waals surface area contributed by atoms with Crippen LogP contribution >= 0.6 is 0 Å². The van der Waals surface area contributed by atoms with Crippen molar-refractivity contribution in [1.82, 2.24) is 0 Å². The van der Waals surface area contributed by atoms with Gasteiger partial charge in [0.2, 0.25) is 0 Å². The molecule has 62 valence electrons. The zero-order valence-corrected chi connectivity index (χ0v) is 7.14. The minimum atomic E-state index is 0.326. The molecule has 0 saturated heterocycles. The van der Waals surface area contributed by atoms with Gasteiger partial charge in [0, 0.05) is 6.04 Å². The van der Waals surface area contributed by atoms with E-state index in [1.165, 1.54) is 6.42 Å². The summed E-state index contributed by atoms with van der Waals surface area (Å²) in [4.78, 5) is 0. The quantitative estimate of drug-likeness (QED) is 0.607. The Kier molecular flexibility index (Phi) is 5.64. The summed E-state index contributed by atoms with van der Waals surface area (Å²) in [6.45, 7) is 5.16. The molecule has 2 nitrogen and oxygen atoms in total. The molecule has 4 N–H and O–H groups in total. The predicted octanol–water partition coefficient (Wildman–Crippen LogP) is 1.10. The van der Waals surface area contributed by atoms with Crippen molar-refractivity contribution in [2.75, 3.05) is 6.54 Å². The zero-order chi connectivity index (χ0) is 7.98. The first kappa shape index (κ1) is 9.92. The highest BCUT2D eigenvalue weighted by Crippen LogP contribution is 2.06. The second-order valence-electron chi connectivity index (χ2n) is 3.31. The highest BCUT2D eigenvalue weighted by molar-refractivity contribution is 4.62. The van der Waals surface area contributed by atoms with Gasteiger partial charge in [-0.15, -0.1) is 0 Å². The molecule has 0 bridgehead atoms. The molecule has 0 saturated carbocycles. The fourth-order valence-corrected chi connectivity index (χ4v) is 0.906. The lowest BCUT2D eigenvalue weighted by Crippen LogP contribution is -2.23. The fraction of sp³-hybridized carbons (Fsp3) is 1.00. The van der Waals surface area contributed by atoms with Crippen LogP contribution in [0.2, 0.25) is 0 Å². The SMILES string of the molecule is CC(C)CCC(N)CCN. The average molecular weight is 144 g/mol. The summed E-state index contributed by atoms with van der Waals surface area (Å²) in [5.74, 6) is 0.767. The number of rotatable bonds is 5. The van der Waals surface area contributed by atoms with Gasteiger partial charge >= 0.3 is 0 Å². The van der Waals surface area contributed by atoms with Gasteiger partial charge in [-0.1, -0.05) is 13.8 Å². The van der Waals surface area contributed by atoms with E-state index < -0.39 is 0 Å². The second-order valence-corrected chi connectivity index (χ2v) is 3.31. The largest absolute Gasteiger partial charge is 0.330 e. The van der Waals surface area contributed by atoms with Crippen molar-refractivity contribution in [2.24, 2.45) is 17.4 Å². The van der Waals surface area contributed by atoms with E-state index in [1.54, 1.807) is 0 Å². The summed E-state index contributed by atoms with van der Waals surface area (Å²) in [6.07, 6.45) is 3.31. The van der Waals surface area contributed by atoms with E-state index in [4.69, 9.17) is 11.5 Å². The molecule has 0 fully saturated rings. The van der Waals surface area contributed by atoms with E-state index in [1.807, 2.05) is 0 Å². The lowest BCUT2D eigenvalue weighted by Gasteiger charge is -2.10. The van der Waals surface area contributed by atoms with Crippen molar-refractivity contribution in [2.45, 2.75) is 39.2 Å². The van der Waals surface area contributed by atoms with Gasteiger partial charge in [-0.3, -0.25) is 0 Å². The van der Waals surface area contributed by atoms with Crippen molar-refractivity contribution in [3.8, 4) is 0 Å². The van der Waals surface area contributed by atoms with Crippen molar-refractivity contribution in [1.29, 1.82) is 0 Å². The van der Waals surface area contributed by atoms with E-state index >= 15 is 0 Å². The first-order valence-corrected chi connectivity index (χ1v) is 4.12. The van der Waals surface area contributed by atoms with Crippen LogP contribution in [0.5, 0.6) is 0 Å². The Labute approximate surface area is 64.0 Å². The van der Waals surface area contributed by atoms with Gasteiger partial charge in [-0.25, -0.2) is 0 Å². The van der Waals surface area contributed by atoms with Gasteiger partial charge in [0.05, 0.1) is 0 Å². The molecule has 0 aromatic heterocycles. The van der Waals surface area contributed by atoms with Crippen LogP contribution in [0.1, 0.15) is 33.1 Å². The van der Waals surface area contributed by atoms with E-state index in [9.17, 15) is 0 Å². The average Bonchev–Trinajstić information content (AvgIpc) is 1.85. The number of hydrogen-bond donors (Lipinski definition) is 2. The molecule has 0 aliphatic rings. The molecule has 0 heterocycles. The third-order valence-electron chi connectivity index (χ3n) is 1.65. The van der Waals surface area contributed by atoms with Crippen molar-refractivity contribution in [3.63, 3.8) is 0 Å². The monoisotopic (exact) mass is 144 g/mol. The van der Waals surface area contributed by atoms with Crippen LogP contribution in [0, 0.1) is 5.92 Å². The molecule has 0 aromatic carbocycles. The number of nitrogens with two attached hydrogens (primary N) is 2. The Balaban J connectivity index is 3.12. The first-order chi connectivity index (χ1) is 4.66. The van der Waals surface area contributed by atoms with Gasteiger partial charge in [0.15, 0.2) is 0 Å². The zero-order valence-electron chi connectivity index (χ0n) is 7.14. The second kappa shape index (κ2) is 5.69. The standard InChI is InChI=1S/C8H20N2/c1-7(2)3-4-8(10)5-6-9/h7-8H,3-6,9-10H2,1-2H3. The minimum absolute atomic E-state index is 0.326. The Morgan fingerprint density at radius 3 is 2.10 bits per heavy atom. The minimum Gasteiger partial charge on any atom is -0.330 e. The fourth-order valence-electron chi connectivity index (χ4n) is 0.906. The third kappa shape index (κ3) is 6.05. The Bertz CT molecular complexity index is 71.7. The highest BCUT2D eigenvalue weighted by Gasteiger charge is 2.01. The van der Waals surface area contributed by atoms with Crippen molar-refractivity contribution in [3.05, 3.63) is 0 Å². The molecule has 0 rings (SSSR count). The van der Waals surface area contributed by atoms with E-state index in [0.717, 1.165) is 25.3 Å².